The largest absolute Gasteiger partial charge is 0.324 e. The van der Waals surface area contributed by atoms with Crippen LogP contribution in [0.1, 0.15) is 65.2 Å². The first-order valence-electron chi connectivity index (χ1n) is 7.12. The fraction of sp³-hybridized carbons (Fsp3) is 1.00. The summed E-state index contributed by atoms with van der Waals surface area (Å²) in [5.74, 6) is 0.869. The first-order chi connectivity index (χ1) is 7.62. The Bertz CT molecular complexity index is 174. The number of unbranched alkanes of at least 4 members (excludes halogenated alkanes) is 3. The Balaban J connectivity index is 1.78. The molecule has 0 atom stereocenters. The third-order valence-electron chi connectivity index (χ3n) is 3.71. The Labute approximate surface area is 101 Å². The van der Waals surface area contributed by atoms with E-state index in [-0.39, 0.29) is 5.54 Å². The van der Waals surface area contributed by atoms with E-state index >= 15 is 0 Å². The maximum absolute atomic E-state index is 6.14. The van der Waals surface area contributed by atoms with Crippen molar-refractivity contribution in [2.75, 3.05) is 13.1 Å². The molecule has 1 rings (SSSR count). The lowest BCUT2D eigenvalue weighted by Gasteiger charge is -2.38. The molecule has 0 saturated heterocycles. The highest BCUT2D eigenvalue weighted by Gasteiger charge is 2.31. The van der Waals surface area contributed by atoms with Gasteiger partial charge in [0.1, 0.15) is 0 Å². The molecule has 0 amide bonds. The third kappa shape index (κ3) is 5.86. The highest BCUT2D eigenvalue weighted by atomic mass is 14.9. The number of nitrogens with two attached hydrogens (primary N) is 1. The number of rotatable bonds is 9. The molecule has 0 bridgehead atoms. The number of nitrogens with one attached hydrogen (secondary N) is 1. The van der Waals surface area contributed by atoms with Crippen LogP contribution in [-0.4, -0.2) is 18.6 Å². The summed E-state index contributed by atoms with van der Waals surface area (Å²) >= 11 is 0. The summed E-state index contributed by atoms with van der Waals surface area (Å²) in [6.07, 6.45) is 10.6. The second-order valence-electron chi connectivity index (χ2n) is 5.99. The summed E-state index contributed by atoms with van der Waals surface area (Å²) < 4.78 is 0. The predicted molar refractivity (Wildman–Crippen MR) is 71.6 cm³/mol. The standard InChI is InChI=1S/C14H30N2/c1-13(2)8-5-3-4-6-11-16-12-14(15)9-7-10-14/h13,16H,3-12,15H2,1-2H3. The van der Waals surface area contributed by atoms with Crippen LogP contribution in [0, 0.1) is 5.92 Å². The maximum Gasteiger partial charge on any atom is 0.0280 e. The Morgan fingerprint density at radius 2 is 1.81 bits per heavy atom. The van der Waals surface area contributed by atoms with Crippen molar-refractivity contribution in [2.45, 2.75) is 70.8 Å². The van der Waals surface area contributed by atoms with Gasteiger partial charge in [0.05, 0.1) is 0 Å². The van der Waals surface area contributed by atoms with E-state index in [0.29, 0.717) is 0 Å². The van der Waals surface area contributed by atoms with Gasteiger partial charge in [0, 0.05) is 12.1 Å². The monoisotopic (exact) mass is 226 g/mol. The van der Waals surface area contributed by atoms with Gasteiger partial charge in [-0.2, -0.15) is 0 Å². The lowest BCUT2D eigenvalue weighted by molar-refractivity contribution is 0.239. The van der Waals surface area contributed by atoms with Crippen molar-refractivity contribution < 1.29 is 0 Å². The smallest absolute Gasteiger partial charge is 0.0280 e. The Kier molecular flexibility index (Phi) is 6.37. The molecule has 1 aliphatic carbocycles. The van der Waals surface area contributed by atoms with Crippen LogP contribution >= 0.6 is 0 Å². The minimum atomic E-state index is 0.150. The molecule has 0 spiro atoms. The molecule has 96 valence electrons. The zero-order valence-electron chi connectivity index (χ0n) is 11.2. The van der Waals surface area contributed by atoms with Crippen LogP contribution in [0.15, 0.2) is 0 Å². The van der Waals surface area contributed by atoms with Gasteiger partial charge < -0.3 is 11.1 Å². The van der Waals surface area contributed by atoms with Crippen LogP contribution in [-0.2, 0) is 0 Å². The van der Waals surface area contributed by atoms with Crippen LogP contribution in [0.2, 0.25) is 0 Å². The van der Waals surface area contributed by atoms with E-state index in [1.807, 2.05) is 0 Å². The molecular formula is C14H30N2. The summed E-state index contributed by atoms with van der Waals surface area (Å²) in [5, 5.41) is 3.50. The lowest BCUT2D eigenvalue weighted by atomic mass is 9.78. The van der Waals surface area contributed by atoms with Crippen LogP contribution in [0.4, 0.5) is 0 Å². The highest BCUT2D eigenvalue weighted by Crippen LogP contribution is 2.27. The molecule has 0 aliphatic heterocycles. The average molecular weight is 226 g/mol. The first kappa shape index (κ1) is 14.0. The molecule has 0 aromatic heterocycles. The van der Waals surface area contributed by atoms with E-state index < -0.39 is 0 Å². The minimum absolute atomic E-state index is 0.150. The van der Waals surface area contributed by atoms with Gasteiger partial charge in [0.2, 0.25) is 0 Å². The second kappa shape index (κ2) is 7.29. The molecule has 0 aromatic carbocycles. The SMILES string of the molecule is CC(C)CCCCCCNCC1(N)CCC1. The minimum Gasteiger partial charge on any atom is -0.324 e. The van der Waals surface area contributed by atoms with Gasteiger partial charge in [-0.05, 0) is 38.1 Å². The molecule has 1 aliphatic rings. The van der Waals surface area contributed by atoms with Crippen molar-refractivity contribution in [1.29, 1.82) is 0 Å². The Morgan fingerprint density at radius 3 is 2.38 bits per heavy atom. The molecule has 2 nitrogen and oxygen atoms in total. The molecule has 0 heterocycles. The van der Waals surface area contributed by atoms with Gasteiger partial charge in [-0.1, -0.05) is 39.5 Å². The molecular weight excluding hydrogens is 196 g/mol. The van der Waals surface area contributed by atoms with Crippen LogP contribution in [0.3, 0.4) is 0 Å². The quantitative estimate of drug-likeness (QED) is 0.593. The predicted octanol–water partition coefficient (Wildman–Crippen LogP) is 3.06. The Morgan fingerprint density at radius 1 is 1.12 bits per heavy atom. The molecule has 1 saturated carbocycles. The van der Waals surface area contributed by atoms with Gasteiger partial charge in [0.15, 0.2) is 0 Å². The van der Waals surface area contributed by atoms with Crippen molar-refractivity contribution in [2.24, 2.45) is 11.7 Å². The van der Waals surface area contributed by atoms with Crippen molar-refractivity contribution in [3.63, 3.8) is 0 Å². The van der Waals surface area contributed by atoms with Gasteiger partial charge in [-0.3, -0.25) is 0 Å². The maximum atomic E-state index is 6.14. The molecule has 0 radical (unpaired) electrons. The highest BCUT2D eigenvalue weighted by molar-refractivity contribution is 4.94. The fourth-order valence-electron chi connectivity index (χ4n) is 2.30. The normalized spacial score (nSPS) is 18.8. The van der Waals surface area contributed by atoms with Crippen molar-refractivity contribution in [3.8, 4) is 0 Å². The molecule has 2 heteroatoms. The Hall–Kier alpha value is -0.0800. The molecule has 3 N–H and O–H groups in total. The number of hydrogen-bond donors (Lipinski definition) is 2. The van der Waals surface area contributed by atoms with E-state index in [1.54, 1.807) is 0 Å². The molecule has 0 aromatic rings. The van der Waals surface area contributed by atoms with Crippen molar-refractivity contribution >= 4 is 0 Å². The van der Waals surface area contributed by atoms with Crippen molar-refractivity contribution in [3.05, 3.63) is 0 Å². The van der Waals surface area contributed by atoms with E-state index in [9.17, 15) is 0 Å². The van der Waals surface area contributed by atoms with Crippen LogP contribution < -0.4 is 11.1 Å². The summed E-state index contributed by atoms with van der Waals surface area (Å²) in [6.45, 7) is 6.79. The molecule has 16 heavy (non-hydrogen) atoms. The zero-order chi connectivity index (χ0) is 11.9. The topological polar surface area (TPSA) is 38.0 Å². The first-order valence-corrected chi connectivity index (χ1v) is 7.12. The number of hydrogen-bond acceptors (Lipinski definition) is 2. The van der Waals surface area contributed by atoms with E-state index in [2.05, 4.69) is 19.2 Å². The lowest BCUT2D eigenvalue weighted by Crippen LogP contribution is -2.54. The van der Waals surface area contributed by atoms with Crippen molar-refractivity contribution in [1.82, 2.24) is 5.32 Å². The summed E-state index contributed by atoms with van der Waals surface area (Å²) in [4.78, 5) is 0. The summed E-state index contributed by atoms with van der Waals surface area (Å²) in [7, 11) is 0. The fourth-order valence-corrected chi connectivity index (χ4v) is 2.30. The van der Waals surface area contributed by atoms with E-state index in [1.165, 1.54) is 51.4 Å². The van der Waals surface area contributed by atoms with Gasteiger partial charge >= 0.3 is 0 Å². The zero-order valence-corrected chi connectivity index (χ0v) is 11.2. The summed E-state index contributed by atoms with van der Waals surface area (Å²) in [6, 6.07) is 0. The van der Waals surface area contributed by atoms with Gasteiger partial charge in [-0.15, -0.1) is 0 Å². The van der Waals surface area contributed by atoms with Crippen LogP contribution in [0.25, 0.3) is 0 Å². The van der Waals surface area contributed by atoms with E-state index in [0.717, 1.165) is 19.0 Å². The molecule has 1 fully saturated rings. The van der Waals surface area contributed by atoms with Gasteiger partial charge in [-0.25, -0.2) is 0 Å². The van der Waals surface area contributed by atoms with Gasteiger partial charge in [0.25, 0.3) is 0 Å². The molecule has 0 unspecified atom stereocenters. The third-order valence-corrected chi connectivity index (χ3v) is 3.71. The second-order valence-corrected chi connectivity index (χ2v) is 5.99. The van der Waals surface area contributed by atoms with E-state index in [4.69, 9.17) is 5.73 Å². The van der Waals surface area contributed by atoms with Crippen LogP contribution in [0.5, 0.6) is 0 Å². The average Bonchev–Trinajstić information content (AvgIpc) is 2.19. The summed E-state index contributed by atoms with van der Waals surface area (Å²) in [5.41, 5.74) is 6.29.